The van der Waals surface area contributed by atoms with Crippen LogP contribution in [0.15, 0.2) is 30.5 Å². The number of aromatic amines is 1. The molecule has 1 aromatic heterocycles. The van der Waals surface area contributed by atoms with E-state index >= 15 is 0 Å². The van der Waals surface area contributed by atoms with E-state index < -0.39 is 22.9 Å². The molecule has 2 atom stereocenters. The standard InChI is InChI=1S/C16H20N2O4/c1-4-22-16(19)15(18(20)21)14(10(2)3)12-9-17-13-8-6-5-7-11(12)13/h5-10,14-15,17H,4H2,1-3H3/t14-,15-/m1/s1. The Labute approximate surface area is 128 Å². The van der Waals surface area contributed by atoms with Crippen molar-refractivity contribution in [3.63, 3.8) is 0 Å². The first-order valence-corrected chi connectivity index (χ1v) is 7.33. The number of nitrogens with one attached hydrogen (secondary N) is 1. The van der Waals surface area contributed by atoms with Gasteiger partial charge in [0.15, 0.2) is 0 Å². The Morgan fingerprint density at radius 1 is 1.36 bits per heavy atom. The largest absolute Gasteiger partial charge is 0.461 e. The molecule has 0 saturated carbocycles. The molecule has 0 fully saturated rings. The summed E-state index contributed by atoms with van der Waals surface area (Å²) in [6, 6.07) is 6.17. The molecule has 6 nitrogen and oxygen atoms in total. The molecule has 1 N–H and O–H groups in total. The zero-order chi connectivity index (χ0) is 16.3. The molecule has 0 bridgehead atoms. The molecule has 0 radical (unpaired) electrons. The number of rotatable bonds is 6. The van der Waals surface area contributed by atoms with Crippen LogP contribution >= 0.6 is 0 Å². The molecular weight excluding hydrogens is 284 g/mol. The molecule has 0 spiro atoms. The molecule has 1 aromatic carbocycles. The van der Waals surface area contributed by atoms with Crippen LogP contribution in [0, 0.1) is 16.0 Å². The smallest absolute Gasteiger partial charge is 0.382 e. The van der Waals surface area contributed by atoms with Crippen molar-refractivity contribution >= 4 is 16.9 Å². The lowest BCUT2D eigenvalue weighted by atomic mass is 9.82. The van der Waals surface area contributed by atoms with Gasteiger partial charge in [-0.05, 0) is 24.5 Å². The van der Waals surface area contributed by atoms with Gasteiger partial charge >= 0.3 is 12.0 Å². The predicted octanol–water partition coefficient (Wildman–Crippen LogP) is 3.12. The number of hydrogen-bond acceptors (Lipinski definition) is 4. The zero-order valence-corrected chi connectivity index (χ0v) is 12.9. The van der Waals surface area contributed by atoms with Crippen LogP contribution in [-0.2, 0) is 9.53 Å². The van der Waals surface area contributed by atoms with Crippen LogP contribution < -0.4 is 0 Å². The first kappa shape index (κ1) is 16.0. The topological polar surface area (TPSA) is 85.2 Å². The van der Waals surface area contributed by atoms with Gasteiger partial charge in [0.05, 0.1) is 12.5 Å². The molecule has 0 amide bonds. The lowest BCUT2D eigenvalue weighted by Crippen LogP contribution is -2.39. The maximum absolute atomic E-state index is 12.1. The molecule has 0 aliphatic heterocycles. The van der Waals surface area contributed by atoms with Gasteiger partial charge in [-0.2, -0.15) is 0 Å². The molecule has 118 valence electrons. The van der Waals surface area contributed by atoms with Crippen LogP contribution in [0.2, 0.25) is 0 Å². The molecule has 1 heterocycles. The van der Waals surface area contributed by atoms with Crippen LogP contribution in [0.1, 0.15) is 32.3 Å². The predicted molar refractivity (Wildman–Crippen MR) is 83.3 cm³/mol. The molecule has 22 heavy (non-hydrogen) atoms. The van der Waals surface area contributed by atoms with Crippen molar-refractivity contribution in [3.8, 4) is 0 Å². The molecule has 6 heteroatoms. The number of carbonyl (C=O) groups is 1. The van der Waals surface area contributed by atoms with Crippen molar-refractivity contribution in [2.45, 2.75) is 32.7 Å². The molecule has 2 aromatic rings. The van der Waals surface area contributed by atoms with E-state index in [1.54, 1.807) is 13.1 Å². The Hall–Kier alpha value is -2.37. The summed E-state index contributed by atoms with van der Waals surface area (Å²) in [6.07, 6.45) is 1.76. The van der Waals surface area contributed by atoms with Gasteiger partial charge in [-0.1, -0.05) is 32.0 Å². The summed E-state index contributed by atoms with van der Waals surface area (Å²) < 4.78 is 4.92. The first-order valence-electron chi connectivity index (χ1n) is 7.33. The van der Waals surface area contributed by atoms with Crippen molar-refractivity contribution < 1.29 is 14.5 Å². The maximum Gasteiger partial charge on any atom is 0.382 e. The Morgan fingerprint density at radius 2 is 2.05 bits per heavy atom. The summed E-state index contributed by atoms with van der Waals surface area (Å²) in [5.41, 5.74) is 1.68. The summed E-state index contributed by atoms with van der Waals surface area (Å²) in [5.74, 6) is -1.42. The number of aromatic nitrogens is 1. The van der Waals surface area contributed by atoms with Crippen LogP contribution in [0.5, 0.6) is 0 Å². The minimum atomic E-state index is -1.40. The third-order valence-electron chi connectivity index (χ3n) is 3.79. The second kappa shape index (κ2) is 6.60. The number of carbonyl (C=O) groups excluding carboxylic acids is 1. The second-order valence-corrected chi connectivity index (χ2v) is 5.54. The quantitative estimate of drug-likeness (QED) is 0.505. The number of nitrogens with zero attached hydrogens (tertiary/aromatic N) is 1. The van der Waals surface area contributed by atoms with E-state index in [2.05, 4.69) is 4.98 Å². The van der Waals surface area contributed by atoms with Crippen molar-refractivity contribution in [1.82, 2.24) is 4.98 Å². The van der Waals surface area contributed by atoms with E-state index in [1.807, 2.05) is 38.1 Å². The van der Waals surface area contributed by atoms with Gasteiger partial charge in [0.25, 0.3) is 0 Å². The van der Waals surface area contributed by atoms with Crippen LogP contribution in [0.25, 0.3) is 10.9 Å². The number of nitro groups is 1. The van der Waals surface area contributed by atoms with Gasteiger partial charge in [0.1, 0.15) is 0 Å². The molecule has 0 unspecified atom stereocenters. The summed E-state index contributed by atoms with van der Waals surface area (Å²) in [7, 11) is 0. The molecule has 0 saturated heterocycles. The fourth-order valence-electron chi connectivity index (χ4n) is 2.85. The molecular formula is C16H20N2O4. The van der Waals surface area contributed by atoms with Crippen molar-refractivity contribution in [2.75, 3.05) is 6.61 Å². The van der Waals surface area contributed by atoms with E-state index in [-0.39, 0.29) is 12.5 Å². The van der Waals surface area contributed by atoms with Crippen molar-refractivity contribution in [3.05, 3.63) is 46.1 Å². The Morgan fingerprint density at radius 3 is 2.64 bits per heavy atom. The van der Waals surface area contributed by atoms with Gasteiger partial charge in [-0.15, -0.1) is 0 Å². The fourth-order valence-corrected chi connectivity index (χ4v) is 2.85. The Bertz CT molecular complexity index is 678. The third-order valence-corrected chi connectivity index (χ3v) is 3.79. The lowest BCUT2D eigenvalue weighted by molar-refractivity contribution is -0.516. The minimum absolute atomic E-state index is 0.0842. The van der Waals surface area contributed by atoms with Gasteiger partial charge < -0.3 is 9.72 Å². The van der Waals surface area contributed by atoms with Gasteiger partial charge in [0.2, 0.25) is 0 Å². The monoisotopic (exact) mass is 304 g/mol. The van der Waals surface area contributed by atoms with Gasteiger partial charge in [-0.25, -0.2) is 4.79 Å². The highest BCUT2D eigenvalue weighted by Crippen LogP contribution is 2.35. The summed E-state index contributed by atoms with van der Waals surface area (Å²) in [6.45, 7) is 5.52. The highest BCUT2D eigenvalue weighted by molar-refractivity contribution is 5.85. The fraction of sp³-hybridized carbons (Fsp3) is 0.438. The molecule has 0 aliphatic rings. The highest BCUT2D eigenvalue weighted by Gasteiger charge is 2.43. The summed E-state index contributed by atoms with van der Waals surface area (Å²) in [5, 5.41) is 12.4. The number of H-pyrrole nitrogens is 1. The number of ether oxygens (including phenoxy) is 1. The molecule has 0 aliphatic carbocycles. The summed E-state index contributed by atoms with van der Waals surface area (Å²) >= 11 is 0. The van der Waals surface area contributed by atoms with Gasteiger partial charge in [0, 0.05) is 22.0 Å². The number of hydrogen-bond donors (Lipinski definition) is 1. The van der Waals surface area contributed by atoms with Crippen LogP contribution in [-0.4, -0.2) is 28.5 Å². The van der Waals surface area contributed by atoms with Gasteiger partial charge in [-0.3, -0.25) is 10.1 Å². The van der Waals surface area contributed by atoms with Crippen molar-refractivity contribution in [1.29, 1.82) is 0 Å². The maximum atomic E-state index is 12.1. The normalized spacial score (nSPS) is 14.0. The van der Waals surface area contributed by atoms with E-state index in [0.717, 1.165) is 16.5 Å². The molecule has 2 rings (SSSR count). The highest BCUT2D eigenvalue weighted by atomic mass is 16.6. The number of para-hydroxylation sites is 1. The number of fused-ring (bicyclic) bond motifs is 1. The van der Waals surface area contributed by atoms with E-state index in [9.17, 15) is 14.9 Å². The number of benzene rings is 1. The Kier molecular flexibility index (Phi) is 4.80. The van der Waals surface area contributed by atoms with E-state index in [4.69, 9.17) is 4.74 Å². The number of esters is 1. The second-order valence-electron chi connectivity index (χ2n) is 5.54. The zero-order valence-electron chi connectivity index (χ0n) is 12.9. The average Bonchev–Trinajstić information content (AvgIpc) is 2.87. The first-order chi connectivity index (χ1) is 10.5. The van der Waals surface area contributed by atoms with E-state index in [1.165, 1.54) is 0 Å². The lowest BCUT2D eigenvalue weighted by Gasteiger charge is -2.22. The Balaban J connectivity index is 2.52. The average molecular weight is 304 g/mol. The van der Waals surface area contributed by atoms with E-state index in [0.29, 0.717) is 0 Å². The SMILES string of the molecule is CCOC(=O)[C@@H]([C@@H](c1c[nH]c2ccccc12)C(C)C)[N+](=O)[O-]. The van der Waals surface area contributed by atoms with Crippen molar-refractivity contribution in [2.24, 2.45) is 5.92 Å². The minimum Gasteiger partial charge on any atom is -0.461 e. The third kappa shape index (κ3) is 2.95. The van der Waals surface area contributed by atoms with Crippen LogP contribution in [0.3, 0.4) is 0 Å². The summed E-state index contributed by atoms with van der Waals surface area (Å²) in [4.78, 5) is 26.2. The van der Waals surface area contributed by atoms with Crippen LogP contribution in [0.4, 0.5) is 0 Å².